The molecule has 2 saturated carbocycles. The molecule has 0 amide bonds. The summed E-state index contributed by atoms with van der Waals surface area (Å²) in [6.45, 7) is 10.2. The Morgan fingerprint density at radius 2 is 0.762 bits per heavy atom. The summed E-state index contributed by atoms with van der Waals surface area (Å²) in [6, 6.07) is 61.1. The molecule has 4 atom stereocenters. The Kier molecular flexibility index (Phi) is 7.85. The van der Waals surface area contributed by atoms with Gasteiger partial charge in [0.15, 0.2) is 0 Å². The number of fused-ring (bicyclic) bond motifs is 11. The van der Waals surface area contributed by atoms with Gasteiger partial charge in [0, 0.05) is 44.4 Å². The summed E-state index contributed by atoms with van der Waals surface area (Å²) in [5.74, 6) is 0. The first kappa shape index (κ1) is 37.4. The number of nitrogens with zero attached hydrogens (tertiary/aromatic N) is 2. The third-order valence-corrected chi connectivity index (χ3v) is 17.8. The fourth-order valence-corrected chi connectivity index (χ4v) is 13.9. The first-order chi connectivity index (χ1) is 30.7. The second-order valence-corrected chi connectivity index (χ2v) is 20.7. The number of hydrogen-bond acceptors (Lipinski definition) is 2. The molecule has 2 aliphatic heterocycles. The average Bonchev–Trinajstić information content (AvgIpc) is 3.86. The zero-order chi connectivity index (χ0) is 42.3. The van der Waals surface area contributed by atoms with Crippen molar-refractivity contribution < 1.29 is 0 Å². The van der Waals surface area contributed by atoms with Gasteiger partial charge >= 0.3 is 0 Å². The van der Waals surface area contributed by atoms with E-state index >= 15 is 0 Å². The van der Waals surface area contributed by atoms with Crippen LogP contribution >= 0.6 is 0 Å². The van der Waals surface area contributed by atoms with Crippen LogP contribution in [0.2, 0.25) is 0 Å². The summed E-state index contributed by atoms with van der Waals surface area (Å²) in [5.41, 5.74) is 19.5. The first-order valence-electron chi connectivity index (χ1n) is 23.8. The van der Waals surface area contributed by atoms with E-state index in [0.717, 1.165) is 6.42 Å². The molecule has 2 nitrogen and oxygen atoms in total. The molecule has 0 spiro atoms. The third-order valence-electron chi connectivity index (χ3n) is 17.8. The van der Waals surface area contributed by atoms with E-state index < -0.39 is 0 Å². The molecular weight excluding hydrogens is 761 g/mol. The summed E-state index contributed by atoms with van der Waals surface area (Å²) in [7, 11) is 0. The number of benzene rings is 8. The average molecular weight is 817 g/mol. The van der Waals surface area contributed by atoms with E-state index in [1.165, 1.54) is 151 Å². The fraction of sp³-hybridized carbons (Fsp3) is 0.279. The molecule has 5 aliphatic rings. The van der Waals surface area contributed by atoms with Gasteiger partial charge in [0.1, 0.15) is 0 Å². The van der Waals surface area contributed by atoms with Gasteiger partial charge in [-0.05, 0) is 161 Å². The molecule has 0 aromatic heterocycles. The third kappa shape index (κ3) is 5.01. The molecule has 310 valence electrons. The fourth-order valence-electron chi connectivity index (χ4n) is 13.9. The Bertz CT molecular complexity index is 2990. The number of rotatable bonds is 4. The summed E-state index contributed by atoms with van der Waals surface area (Å²) in [6.07, 6.45) is 10.9. The largest absolute Gasteiger partial charge is 0.334 e. The van der Waals surface area contributed by atoms with Crippen molar-refractivity contribution in [2.24, 2.45) is 0 Å². The highest BCUT2D eigenvalue weighted by Gasteiger charge is 2.59. The molecule has 0 bridgehead atoms. The van der Waals surface area contributed by atoms with Crippen LogP contribution in [0, 0.1) is 0 Å². The molecule has 0 saturated heterocycles. The van der Waals surface area contributed by atoms with Crippen molar-refractivity contribution in [1.82, 2.24) is 0 Å². The summed E-state index contributed by atoms with van der Waals surface area (Å²) in [4.78, 5) is 5.48. The van der Waals surface area contributed by atoms with Gasteiger partial charge < -0.3 is 9.80 Å². The quantitative estimate of drug-likeness (QED) is 0.175. The molecule has 3 aliphatic carbocycles. The Labute approximate surface area is 373 Å². The Hall–Kier alpha value is -6.12. The maximum atomic E-state index is 2.74. The molecule has 0 N–H and O–H groups in total. The van der Waals surface area contributed by atoms with Gasteiger partial charge in [0.05, 0.1) is 11.1 Å². The minimum Gasteiger partial charge on any atom is -0.334 e. The lowest BCUT2D eigenvalue weighted by Gasteiger charge is -2.50. The SMILES string of the molecule is CC12CCCCC1(C)N(c1cccc3ccccc13)c1ccc(-c3ccc4c(c3)-c3cc(-c5ccc6c(c5)C5(C)CCCCC5(C)N6c5cccc6ccccc56)ccc3C4)cc12. The monoisotopic (exact) mass is 816 g/mol. The Balaban J connectivity index is 0.888. The van der Waals surface area contributed by atoms with E-state index in [1.807, 2.05) is 0 Å². The highest BCUT2D eigenvalue weighted by atomic mass is 15.3. The van der Waals surface area contributed by atoms with Crippen LogP contribution in [0.3, 0.4) is 0 Å². The van der Waals surface area contributed by atoms with Gasteiger partial charge in [0.2, 0.25) is 0 Å². The molecule has 13 rings (SSSR count). The highest BCUT2D eigenvalue weighted by molar-refractivity contribution is 6.00. The van der Waals surface area contributed by atoms with Crippen molar-refractivity contribution in [1.29, 1.82) is 0 Å². The lowest BCUT2D eigenvalue weighted by molar-refractivity contribution is 0.195. The molecule has 2 heteroatoms. The van der Waals surface area contributed by atoms with E-state index in [0.29, 0.717) is 0 Å². The predicted molar refractivity (Wildman–Crippen MR) is 266 cm³/mol. The molecule has 2 heterocycles. The minimum atomic E-state index is 0.00239. The smallest absolute Gasteiger partial charge is 0.0518 e. The summed E-state index contributed by atoms with van der Waals surface area (Å²) < 4.78 is 0. The number of hydrogen-bond donors (Lipinski definition) is 0. The topological polar surface area (TPSA) is 6.48 Å². The molecule has 4 unspecified atom stereocenters. The maximum absolute atomic E-state index is 2.74. The van der Waals surface area contributed by atoms with Crippen molar-refractivity contribution in [3.63, 3.8) is 0 Å². The van der Waals surface area contributed by atoms with Gasteiger partial charge in [-0.2, -0.15) is 0 Å². The van der Waals surface area contributed by atoms with E-state index in [2.05, 4.69) is 195 Å². The first-order valence-corrected chi connectivity index (χ1v) is 23.8. The Morgan fingerprint density at radius 1 is 0.365 bits per heavy atom. The van der Waals surface area contributed by atoms with Crippen LogP contribution in [0.25, 0.3) is 54.9 Å². The van der Waals surface area contributed by atoms with Gasteiger partial charge in [-0.3, -0.25) is 0 Å². The molecule has 8 aromatic carbocycles. The van der Waals surface area contributed by atoms with Crippen LogP contribution < -0.4 is 9.80 Å². The van der Waals surface area contributed by atoms with E-state index in [-0.39, 0.29) is 21.9 Å². The second-order valence-electron chi connectivity index (χ2n) is 20.7. The highest BCUT2D eigenvalue weighted by Crippen LogP contribution is 2.63. The van der Waals surface area contributed by atoms with Crippen LogP contribution in [-0.4, -0.2) is 11.1 Å². The predicted octanol–water partition coefficient (Wildman–Crippen LogP) is 16.4. The second kappa shape index (κ2) is 13.2. The standard InChI is InChI=1S/C61H56N2/c1-58-31-9-11-33-60(58,3)62(54-21-13-17-40-15-5-7-19-48(40)54)56-29-27-44(38-52(56)58)42-23-25-46-35-47-26-24-43(37-51(47)50(46)36-42)45-28-30-57-53(39-45)59(2)32-10-12-34-61(59,4)63(57)55-22-14-18-41-16-6-8-20-49(41)55/h5-8,13-30,36-39H,9-12,31-35H2,1-4H3. The van der Waals surface area contributed by atoms with Crippen molar-refractivity contribution in [2.45, 2.75) is 107 Å². The van der Waals surface area contributed by atoms with Crippen molar-refractivity contribution >= 4 is 44.3 Å². The van der Waals surface area contributed by atoms with Crippen LogP contribution in [-0.2, 0) is 17.3 Å². The maximum Gasteiger partial charge on any atom is 0.0518 e. The molecule has 63 heavy (non-hydrogen) atoms. The van der Waals surface area contributed by atoms with E-state index in [1.54, 1.807) is 0 Å². The van der Waals surface area contributed by atoms with Crippen LogP contribution in [0.4, 0.5) is 22.7 Å². The van der Waals surface area contributed by atoms with Crippen LogP contribution in [0.15, 0.2) is 158 Å². The minimum absolute atomic E-state index is 0.00239. The van der Waals surface area contributed by atoms with Gasteiger partial charge in [0.25, 0.3) is 0 Å². The van der Waals surface area contributed by atoms with Crippen LogP contribution in [0.1, 0.15) is 101 Å². The lowest BCUT2D eigenvalue weighted by Crippen LogP contribution is -2.54. The Morgan fingerprint density at radius 3 is 1.24 bits per heavy atom. The van der Waals surface area contributed by atoms with Gasteiger partial charge in [-0.1, -0.05) is 149 Å². The van der Waals surface area contributed by atoms with Crippen molar-refractivity contribution in [3.05, 3.63) is 180 Å². The van der Waals surface area contributed by atoms with Crippen molar-refractivity contribution in [2.75, 3.05) is 9.80 Å². The zero-order valence-corrected chi connectivity index (χ0v) is 37.3. The van der Waals surface area contributed by atoms with E-state index in [9.17, 15) is 0 Å². The number of anilines is 4. The van der Waals surface area contributed by atoms with E-state index in [4.69, 9.17) is 0 Å². The molecule has 0 radical (unpaired) electrons. The lowest BCUT2D eigenvalue weighted by atomic mass is 9.61. The zero-order valence-electron chi connectivity index (χ0n) is 37.3. The molecule has 8 aromatic rings. The van der Waals surface area contributed by atoms with Crippen LogP contribution in [0.5, 0.6) is 0 Å². The summed E-state index contributed by atoms with van der Waals surface area (Å²) in [5, 5.41) is 5.30. The normalized spacial score (nSPS) is 25.4. The molecule has 2 fully saturated rings. The van der Waals surface area contributed by atoms with Crippen molar-refractivity contribution in [3.8, 4) is 33.4 Å². The summed E-state index contributed by atoms with van der Waals surface area (Å²) >= 11 is 0. The van der Waals surface area contributed by atoms with Gasteiger partial charge in [-0.25, -0.2) is 0 Å². The molecular formula is C61H56N2. The van der Waals surface area contributed by atoms with Gasteiger partial charge in [-0.15, -0.1) is 0 Å².